The predicted octanol–water partition coefficient (Wildman–Crippen LogP) is 3.46. The summed E-state index contributed by atoms with van der Waals surface area (Å²) < 4.78 is 33.2. The van der Waals surface area contributed by atoms with Gasteiger partial charge in [-0.15, -0.1) is 0 Å². The molecule has 1 fully saturated rings. The van der Waals surface area contributed by atoms with Crippen LogP contribution in [0.5, 0.6) is 5.75 Å². The van der Waals surface area contributed by atoms with Crippen LogP contribution in [-0.4, -0.2) is 52.1 Å². The van der Waals surface area contributed by atoms with Crippen LogP contribution < -0.4 is 20.2 Å². The molecule has 2 aromatic carbocycles. The van der Waals surface area contributed by atoms with E-state index in [1.54, 1.807) is 35.3 Å². The molecule has 0 atom stereocenters. The first-order chi connectivity index (χ1) is 16.5. The van der Waals surface area contributed by atoms with Crippen molar-refractivity contribution >= 4 is 37.9 Å². The van der Waals surface area contributed by atoms with Crippen molar-refractivity contribution in [2.24, 2.45) is 5.41 Å². The van der Waals surface area contributed by atoms with Gasteiger partial charge in [-0.05, 0) is 60.6 Å². The van der Waals surface area contributed by atoms with Gasteiger partial charge in [0.2, 0.25) is 0 Å². The Hall–Kier alpha value is -2.63. The highest BCUT2D eigenvalue weighted by atomic mass is 79.9. The van der Waals surface area contributed by atoms with Crippen LogP contribution in [0.3, 0.4) is 0 Å². The fraction of sp³-hybridized carbons (Fsp3) is 0.417. The molecule has 3 rings (SSSR count). The Labute approximate surface area is 214 Å². The lowest BCUT2D eigenvalue weighted by Crippen LogP contribution is -2.52. The largest absolute Gasteiger partial charge is 0.496 e. The number of ether oxygens (including phenoxy) is 1. The van der Waals surface area contributed by atoms with E-state index in [0.717, 1.165) is 22.9 Å². The number of nitrogens with zero attached hydrogens (tertiary/aromatic N) is 1. The zero-order valence-electron chi connectivity index (χ0n) is 20.1. The highest BCUT2D eigenvalue weighted by Gasteiger charge is 2.27. The summed E-state index contributed by atoms with van der Waals surface area (Å²) in [6.07, 6.45) is 2.33. The van der Waals surface area contributed by atoms with E-state index in [9.17, 15) is 18.0 Å². The third kappa shape index (κ3) is 7.68. The van der Waals surface area contributed by atoms with Crippen LogP contribution in [0, 0.1) is 5.41 Å². The lowest BCUT2D eigenvalue weighted by molar-refractivity contribution is 0.0951. The lowest BCUT2D eigenvalue weighted by Gasteiger charge is -2.36. The molecule has 190 valence electrons. The molecule has 0 unspecified atom stereocenters. The number of hydrogen-bond donors (Lipinski definition) is 3. The number of benzene rings is 2. The van der Waals surface area contributed by atoms with Gasteiger partial charge in [0.15, 0.2) is 0 Å². The molecule has 3 amide bonds. The Morgan fingerprint density at radius 2 is 1.74 bits per heavy atom. The minimum absolute atomic E-state index is 0.0147. The molecule has 0 aromatic heterocycles. The number of hydrazine groups is 1. The smallest absolute Gasteiger partial charge is 0.343 e. The average molecular weight is 568 g/mol. The summed E-state index contributed by atoms with van der Waals surface area (Å²) in [5.74, 6) is 0.204. The number of methoxy groups -OCH3 is 1. The minimum Gasteiger partial charge on any atom is -0.496 e. The lowest BCUT2D eigenvalue weighted by atomic mass is 9.83. The van der Waals surface area contributed by atoms with Crippen molar-refractivity contribution < 1.29 is 22.7 Å². The maximum absolute atomic E-state index is 12.6. The normalized spacial score (nSPS) is 15.8. The first-order valence-corrected chi connectivity index (χ1v) is 13.6. The molecule has 3 N–H and O–H groups in total. The number of carbonyl (C=O) groups excluding carboxylic acids is 2. The molecule has 1 aliphatic rings. The number of sulfonamides is 1. The van der Waals surface area contributed by atoms with E-state index in [4.69, 9.17) is 4.74 Å². The van der Waals surface area contributed by atoms with Gasteiger partial charge in [-0.2, -0.15) is 0 Å². The van der Waals surface area contributed by atoms with Crippen molar-refractivity contribution in [1.82, 2.24) is 20.5 Å². The Morgan fingerprint density at radius 3 is 2.37 bits per heavy atom. The maximum atomic E-state index is 12.6. The van der Waals surface area contributed by atoms with Crippen LogP contribution in [0.1, 0.15) is 42.6 Å². The van der Waals surface area contributed by atoms with Crippen LogP contribution in [0.4, 0.5) is 4.79 Å². The van der Waals surface area contributed by atoms with Crippen LogP contribution in [0.15, 0.2) is 51.8 Å². The fourth-order valence-electron chi connectivity index (χ4n) is 3.68. The second-order valence-corrected chi connectivity index (χ2v) is 11.8. The Bertz CT molecular complexity index is 1160. The van der Waals surface area contributed by atoms with Crippen molar-refractivity contribution in [1.29, 1.82) is 0 Å². The molecule has 1 aliphatic heterocycles. The second-order valence-electron chi connectivity index (χ2n) is 9.19. The molecule has 0 radical (unpaired) electrons. The summed E-state index contributed by atoms with van der Waals surface area (Å²) in [5, 5.41) is 4.57. The molecular weight excluding hydrogens is 536 g/mol. The van der Waals surface area contributed by atoms with Gasteiger partial charge in [0.1, 0.15) is 5.75 Å². The quantitative estimate of drug-likeness (QED) is 0.450. The van der Waals surface area contributed by atoms with Crippen molar-refractivity contribution in [3.63, 3.8) is 0 Å². The van der Waals surface area contributed by atoms with Gasteiger partial charge in [-0.3, -0.25) is 10.2 Å². The van der Waals surface area contributed by atoms with E-state index in [2.05, 4.69) is 45.2 Å². The zero-order valence-corrected chi connectivity index (χ0v) is 22.5. The SMILES string of the molecule is COc1ccc(Br)cc1C(=O)NCCc1ccc(S(=O)(=O)NC(=O)NN2CCC(C)(C)CC2)cc1. The summed E-state index contributed by atoms with van der Waals surface area (Å²) in [5.41, 5.74) is 4.08. The molecule has 0 aliphatic carbocycles. The second kappa shape index (κ2) is 11.4. The van der Waals surface area contributed by atoms with Crippen LogP contribution in [0.2, 0.25) is 0 Å². The molecule has 11 heteroatoms. The Balaban J connectivity index is 1.50. The molecule has 9 nitrogen and oxygen atoms in total. The summed E-state index contributed by atoms with van der Waals surface area (Å²) in [6, 6.07) is 10.6. The number of hydrogen-bond acceptors (Lipinski definition) is 6. The van der Waals surface area contributed by atoms with E-state index in [-0.39, 0.29) is 16.2 Å². The van der Waals surface area contributed by atoms with Crippen LogP contribution in [-0.2, 0) is 16.4 Å². The molecule has 0 bridgehead atoms. The summed E-state index contributed by atoms with van der Waals surface area (Å²) in [6.45, 7) is 6.03. The van der Waals surface area contributed by atoms with Crippen LogP contribution >= 0.6 is 15.9 Å². The molecule has 2 aromatic rings. The van der Waals surface area contributed by atoms with Crippen molar-refractivity contribution in [2.45, 2.75) is 38.0 Å². The molecule has 35 heavy (non-hydrogen) atoms. The number of urea groups is 1. The van der Waals surface area contributed by atoms with Gasteiger partial charge < -0.3 is 10.1 Å². The third-order valence-electron chi connectivity index (χ3n) is 5.94. The zero-order chi connectivity index (χ0) is 25.6. The molecule has 0 spiro atoms. The minimum atomic E-state index is -4.01. The summed E-state index contributed by atoms with van der Waals surface area (Å²) in [4.78, 5) is 24.7. The van der Waals surface area contributed by atoms with Crippen molar-refractivity contribution in [3.8, 4) is 5.75 Å². The van der Waals surface area contributed by atoms with Gasteiger partial charge >= 0.3 is 6.03 Å². The first-order valence-electron chi connectivity index (χ1n) is 11.3. The van der Waals surface area contributed by atoms with Gasteiger partial charge in [-0.25, -0.2) is 22.9 Å². The molecular formula is C24H31BrN4O5S. The first kappa shape index (κ1) is 27.0. The number of nitrogens with one attached hydrogen (secondary N) is 3. The van der Waals surface area contributed by atoms with Crippen molar-refractivity contribution in [3.05, 3.63) is 58.1 Å². The molecule has 1 saturated heterocycles. The number of halogens is 1. The summed E-state index contributed by atoms with van der Waals surface area (Å²) in [7, 11) is -2.51. The Kier molecular flexibility index (Phi) is 8.79. The molecule has 0 saturated carbocycles. The van der Waals surface area contributed by atoms with Crippen LogP contribution in [0.25, 0.3) is 0 Å². The number of rotatable bonds is 8. The van der Waals surface area contributed by atoms with E-state index in [0.29, 0.717) is 37.4 Å². The number of amides is 3. The van der Waals surface area contributed by atoms with Crippen molar-refractivity contribution in [2.75, 3.05) is 26.7 Å². The van der Waals surface area contributed by atoms with E-state index in [1.807, 2.05) is 0 Å². The fourth-order valence-corrected chi connectivity index (χ4v) is 4.94. The highest BCUT2D eigenvalue weighted by Crippen LogP contribution is 2.28. The Morgan fingerprint density at radius 1 is 1.09 bits per heavy atom. The monoisotopic (exact) mass is 566 g/mol. The standard InChI is InChI=1S/C24H31BrN4O5S/c1-24(2)11-14-29(15-12-24)27-23(31)28-35(32,33)19-7-4-17(5-8-19)10-13-26-22(30)20-16-18(25)6-9-21(20)34-3/h4-9,16H,10-15H2,1-3H3,(H,26,30)(H2,27,28,31). The molecule has 1 heterocycles. The van der Waals surface area contributed by atoms with E-state index < -0.39 is 16.1 Å². The third-order valence-corrected chi connectivity index (χ3v) is 7.78. The van der Waals surface area contributed by atoms with Gasteiger partial charge in [-0.1, -0.05) is 41.9 Å². The number of piperidine rings is 1. The van der Waals surface area contributed by atoms with E-state index >= 15 is 0 Å². The van der Waals surface area contributed by atoms with E-state index in [1.165, 1.54) is 19.2 Å². The highest BCUT2D eigenvalue weighted by molar-refractivity contribution is 9.10. The number of carbonyl (C=O) groups is 2. The predicted molar refractivity (Wildman–Crippen MR) is 137 cm³/mol. The summed E-state index contributed by atoms with van der Waals surface area (Å²) >= 11 is 3.35. The maximum Gasteiger partial charge on any atom is 0.343 e. The van der Waals surface area contributed by atoms with Gasteiger partial charge in [0, 0.05) is 24.1 Å². The average Bonchev–Trinajstić information content (AvgIpc) is 2.80. The topological polar surface area (TPSA) is 117 Å². The van der Waals surface area contributed by atoms with Gasteiger partial charge in [0.25, 0.3) is 15.9 Å². The van der Waals surface area contributed by atoms with Gasteiger partial charge in [0.05, 0.1) is 17.6 Å².